The van der Waals surface area contributed by atoms with E-state index in [4.69, 9.17) is 9.47 Å². The highest BCUT2D eigenvalue weighted by Gasteiger charge is 2.40. The minimum atomic E-state index is -4.72. The number of halogens is 3. The number of aromatic amines is 1. The number of carbonyl (C=O) groups is 2. The van der Waals surface area contributed by atoms with E-state index in [1.54, 1.807) is 6.07 Å². The molecule has 11 nitrogen and oxygen atoms in total. The Labute approximate surface area is 192 Å². The molecule has 2 atom stereocenters. The summed E-state index contributed by atoms with van der Waals surface area (Å²) >= 11 is 0. The number of amides is 2. The first-order chi connectivity index (χ1) is 16.0. The Balaban J connectivity index is 1.27. The molecule has 0 bridgehead atoms. The lowest BCUT2D eigenvalue weighted by atomic mass is 10.1. The van der Waals surface area contributed by atoms with Gasteiger partial charge in [-0.05, 0) is 25.8 Å². The molecule has 2 fully saturated rings. The zero-order chi connectivity index (χ0) is 24.5. The van der Waals surface area contributed by atoms with Crippen molar-refractivity contribution >= 4 is 17.8 Å². The van der Waals surface area contributed by atoms with E-state index in [1.165, 1.54) is 17.8 Å². The number of nitrogens with zero attached hydrogens (tertiary/aromatic N) is 3. The standard InChI is InChI=1S/C20H25F3N6O5/c1-19(4-5-19)25-18(31)34-12-8-15(32-10-12)13-9-16(27-26-13)24-17(30)14-7-11(28-29(14)2)3-6-33-20(21,22)23/h7,9,12,15H,3-6,8,10H2,1-2H3,(H,25,31)(H2,24,26,27,30)/t12-,15-/m0/s1. The Morgan fingerprint density at radius 2 is 2.12 bits per heavy atom. The van der Waals surface area contributed by atoms with Gasteiger partial charge in [-0.15, -0.1) is 13.2 Å². The van der Waals surface area contributed by atoms with Crippen LogP contribution >= 0.6 is 0 Å². The summed E-state index contributed by atoms with van der Waals surface area (Å²) in [5, 5.41) is 16.3. The predicted molar refractivity (Wildman–Crippen MR) is 110 cm³/mol. The van der Waals surface area contributed by atoms with Gasteiger partial charge in [-0.3, -0.25) is 19.3 Å². The third kappa shape index (κ3) is 6.26. The first kappa shape index (κ1) is 24.0. The monoisotopic (exact) mass is 486 g/mol. The first-order valence-corrected chi connectivity index (χ1v) is 10.7. The number of aromatic nitrogens is 4. The lowest BCUT2D eigenvalue weighted by Gasteiger charge is -2.15. The number of alkyl carbamates (subject to hydrolysis) is 1. The molecule has 0 aromatic carbocycles. The van der Waals surface area contributed by atoms with Crippen molar-refractivity contribution in [1.82, 2.24) is 25.3 Å². The number of rotatable bonds is 8. The lowest BCUT2D eigenvalue weighted by Crippen LogP contribution is -2.37. The van der Waals surface area contributed by atoms with Gasteiger partial charge in [0.15, 0.2) is 5.82 Å². The summed E-state index contributed by atoms with van der Waals surface area (Å²) in [4.78, 5) is 24.5. The summed E-state index contributed by atoms with van der Waals surface area (Å²) in [6, 6.07) is 2.99. The van der Waals surface area contributed by atoms with Crippen molar-refractivity contribution in [3.63, 3.8) is 0 Å². The zero-order valence-corrected chi connectivity index (χ0v) is 18.6. The molecule has 0 spiro atoms. The van der Waals surface area contributed by atoms with Gasteiger partial charge in [0, 0.05) is 31.5 Å². The van der Waals surface area contributed by atoms with Crippen molar-refractivity contribution in [2.24, 2.45) is 7.05 Å². The van der Waals surface area contributed by atoms with E-state index >= 15 is 0 Å². The van der Waals surface area contributed by atoms with Gasteiger partial charge < -0.3 is 20.1 Å². The van der Waals surface area contributed by atoms with Gasteiger partial charge in [0.1, 0.15) is 17.9 Å². The average molecular weight is 486 g/mol. The van der Waals surface area contributed by atoms with E-state index in [1.807, 2.05) is 6.92 Å². The van der Waals surface area contributed by atoms with Crippen LogP contribution in [0.4, 0.5) is 23.8 Å². The van der Waals surface area contributed by atoms with Crippen LogP contribution in [-0.2, 0) is 27.7 Å². The van der Waals surface area contributed by atoms with Crippen LogP contribution < -0.4 is 10.6 Å². The van der Waals surface area contributed by atoms with Crippen LogP contribution in [0, 0.1) is 0 Å². The number of nitrogens with one attached hydrogen (secondary N) is 3. The van der Waals surface area contributed by atoms with Crippen molar-refractivity contribution in [2.75, 3.05) is 18.5 Å². The van der Waals surface area contributed by atoms with Crippen molar-refractivity contribution in [1.29, 1.82) is 0 Å². The first-order valence-electron chi connectivity index (χ1n) is 10.7. The molecule has 2 aromatic rings. The minimum Gasteiger partial charge on any atom is -0.444 e. The third-order valence-electron chi connectivity index (χ3n) is 5.61. The highest BCUT2D eigenvalue weighted by Crippen LogP contribution is 2.35. The second-order valence-corrected chi connectivity index (χ2v) is 8.62. The number of ether oxygens (including phenoxy) is 3. The number of aryl methyl sites for hydroxylation is 1. The van der Waals surface area contributed by atoms with Crippen molar-refractivity contribution < 1.29 is 37.0 Å². The van der Waals surface area contributed by atoms with Gasteiger partial charge in [0.05, 0.1) is 24.6 Å². The van der Waals surface area contributed by atoms with E-state index in [0.717, 1.165) is 12.8 Å². The molecule has 14 heteroatoms. The van der Waals surface area contributed by atoms with Crippen LogP contribution in [0.3, 0.4) is 0 Å². The largest absolute Gasteiger partial charge is 0.522 e. The molecule has 3 N–H and O–H groups in total. The Hall–Kier alpha value is -3.13. The van der Waals surface area contributed by atoms with Gasteiger partial charge in [-0.25, -0.2) is 4.79 Å². The van der Waals surface area contributed by atoms with Crippen LogP contribution in [-0.4, -0.2) is 63.2 Å². The predicted octanol–water partition coefficient (Wildman–Crippen LogP) is 2.58. The molecule has 3 heterocycles. The maximum atomic E-state index is 12.6. The highest BCUT2D eigenvalue weighted by molar-refractivity contribution is 6.02. The third-order valence-corrected chi connectivity index (χ3v) is 5.61. The van der Waals surface area contributed by atoms with Crippen LogP contribution in [0.25, 0.3) is 0 Å². The van der Waals surface area contributed by atoms with Crippen LogP contribution in [0.5, 0.6) is 0 Å². The lowest BCUT2D eigenvalue weighted by molar-refractivity contribution is -0.324. The van der Waals surface area contributed by atoms with Gasteiger partial charge in [0.25, 0.3) is 5.91 Å². The number of anilines is 1. The normalized spacial score (nSPS) is 21.3. The molecule has 1 aliphatic heterocycles. The number of carbonyl (C=O) groups excluding carboxylic acids is 2. The maximum Gasteiger partial charge on any atom is 0.522 e. The molecular weight excluding hydrogens is 461 g/mol. The zero-order valence-electron chi connectivity index (χ0n) is 18.6. The number of alkyl halides is 3. The summed E-state index contributed by atoms with van der Waals surface area (Å²) in [6.45, 7) is 1.60. The molecule has 0 radical (unpaired) electrons. The molecule has 1 saturated carbocycles. The molecule has 2 aromatic heterocycles. The molecule has 1 aliphatic carbocycles. The smallest absolute Gasteiger partial charge is 0.444 e. The van der Waals surface area contributed by atoms with Gasteiger partial charge in [0.2, 0.25) is 0 Å². The summed E-state index contributed by atoms with van der Waals surface area (Å²) in [5.41, 5.74) is 0.862. The van der Waals surface area contributed by atoms with Crippen LogP contribution in [0.2, 0.25) is 0 Å². The SMILES string of the molecule is Cn1nc(CCOC(F)(F)F)cc1C(=O)Nc1cc([C@@H]2C[C@H](OC(=O)NC3(C)CC3)CO2)[nH]n1. The quantitative estimate of drug-likeness (QED) is 0.522. The molecule has 2 aliphatic rings. The van der Waals surface area contributed by atoms with Crippen LogP contribution in [0.15, 0.2) is 12.1 Å². The molecule has 1 saturated heterocycles. The average Bonchev–Trinajstić information content (AvgIpc) is 3.12. The summed E-state index contributed by atoms with van der Waals surface area (Å²) in [7, 11) is 1.51. The van der Waals surface area contributed by atoms with Crippen molar-refractivity contribution in [3.05, 3.63) is 29.2 Å². The van der Waals surface area contributed by atoms with Gasteiger partial charge >= 0.3 is 12.5 Å². The van der Waals surface area contributed by atoms with E-state index in [0.29, 0.717) is 12.1 Å². The summed E-state index contributed by atoms with van der Waals surface area (Å²) < 4.78 is 52.4. The van der Waals surface area contributed by atoms with Crippen molar-refractivity contribution in [3.8, 4) is 0 Å². The number of hydrogen-bond acceptors (Lipinski definition) is 7. The van der Waals surface area contributed by atoms with Gasteiger partial charge in [-0.2, -0.15) is 10.2 Å². The Morgan fingerprint density at radius 3 is 2.82 bits per heavy atom. The topological polar surface area (TPSA) is 132 Å². The van der Waals surface area contributed by atoms with E-state index in [-0.39, 0.29) is 41.9 Å². The fraction of sp³-hybridized carbons (Fsp3) is 0.600. The molecular formula is C20H25F3N6O5. The van der Waals surface area contributed by atoms with Crippen LogP contribution in [0.1, 0.15) is 54.2 Å². The van der Waals surface area contributed by atoms with E-state index in [9.17, 15) is 22.8 Å². The maximum absolute atomic E-state index is 12.6. The number of hydrogen-bond donors (Lipinski definition) is 3. The molecule has 4 rings (SSSR count). The Kier molecular flexibility index (Phi) is 6.53. The summed E-state index contributed by atoms with van der Waals surface area (Å²) in [6.07, 6.45) is -3.78. The molecule has 0 unspecified atom stereocenters. The molecule has 2 amide bonds. The van der Waals surface area contributed by atoms with E-state index in [2.05, 4.69) is 30.7 Å². The second kappa shape index (κ2) is 9.25. The highest BCUT2D eigenvalue weighted by atomic mass is 19.4. The fourth-order valence-corrected chi connectivity index (χ4v) is 3.52. The second-order valence-electron chi connectivity index (χ2n) is 8.62. The molecule has 34 heavy (non-hydrogen) atoms. The van der Waals surface area contributed by atoms with Gasteiger partial charge in [-0.1, -0.05) is 0 Å². The van der Waals surface area contributed by atoms with Crippen molar-refractivity contribution in [2.45, 2.75) is 56.7 Å². The fourth-order valence-electron chi connectivity index (χ4n) is 3.52. The Morgan fingerprint density at radius 1 is 1.35 bits per heavy atom. The molecule has 186 valence electrons. The summed E-state index contributed by atoms with van der Waals surface area (Å²) in [5.74, 6) is -0.301. The minimum absolute atomic E-state index is 0.104. The number of H-pyrrole nitrogens is 1. The Bertz CT molecular complexity index is 1050. The van der Waals surface area contributed by atoms with E-state index < -0.39 is 31.1 Å².